The maximum atomic E-state index is 11.9. The fourth-order valence-electron chi connectivity index (χ4n) is 2.74. The lowest BCUT2D eigenvalue weighted by Crippen LogP contribution is -2.19. The van der Waals surface area contributed by atoms with Crippen LogP contribution in [0.3, 0.4) is 0 Å². The lowest BCUT2D eigenvalue weighted by Gasteiger charge is -2.17. The summed E-state index contributed by atoms with van der Waals surface area (Å²) in [7, 11) is 1.24. The minimum absolute atomic E-state index is 0.189. The molecule has 1 aliphatic rings. The Morgan fingerprint density at radius 1 is 1.16 bits per heavy atom. The highest BCUT2D eigenvalue weighted by molar-refractivity contribution is 8.18. The smallest absolute Gasteiger partial charge is 0.331 e. The van der Waals surface area contributed by atoms with Crippen LogP contribution < -0.4 is 14.8 Å². The second-order valence-electron chi connectivity index (χ2n) is 6.06. The Bertz CT molecular complexity index is 1020. The van der Waals surface area contributed by atoms with Gasteiger partial charge < -0.3 is 18.8 Å². The Balaban J connectivity index is 1.87. The van der Waals surface area contributed by atoms with E-state index in [1.165, 1.54) is 13.3 Å². The molecule has 162 valence electrons. The number of amides is 1. The predicted octanol–water partition coefficient (Wildman–Crippen LogP) is 2.88. The van der Waals surface area contributed by atoms with E-state index in [2.05, 4.69) is 20.3 Å². The first-order valence-corrected chi connectivity index (χ1v) is 10.3. The normalized spacial score (nSPS) is 16.2. The molecule has 1 saturated heterocycles. The molecule has 1 aromatic carbocycles. The molecule has 0 saturated carbocycles. The van der Waals surface area contributed by atoms with E-state index in [9.17, 15) is 9.59 Å². The van der Waals surface area contributed by atoms with Crippen molar-refractivity contribution in [3.05, 3.63) is 53.2 Å². The van der Waals surface area contributed by atoms with Gasteiger partial charge in [0.2, 0.25) is 0 Å². The number of aromatic nitrogens is 1. The van der Waals surface area contributed by atoms with Crippen molar-refractivity contribution in [2.24, 2.45) is 10.2 Å². The van der Waals surface area contributed by atoms with Gasteiger partial charge in [0.05, 0.1) is 31.4 Å². The molecule has 2 aromatic rings. The van der Waals surface area contributed by atoms with Gasteiger partial charge in [-0.05, 0) is 49.9 Å². The van der Waals surface area contributed by atoms with Crippen LogP contribution in [0.5, 0.6) is 11.5 Å². The molecule has 3 rings (SSSR count). The average Bonchev–Trinajstić information content (AvgIpc) is 3.39. The third-order valence-electron chi connectivity index (χ3n) is 3.98. The van der Waals surface area contributed by atoms with Crippen molar-refractivity contribution in [2.45, 2.75) is 13.8 Å². The number of rotatable bonds is 8. The van der Waals surface area contributed by atoms with Gasteiger partial charge in [-0.1, -0.05) is 0 Å². The van der Waals surface area contributed by atoms with E-state index < -0.39 is 11.9 Å². The van der Waals surface area contributed by atoms with E-state index >= 15 is 0 Å². The average molecular weight is 442 g/mol. The summed E-state index contributed by atoms with van der Waals surface area (Å²) in [5, 5.41) is 10.9. The number of thioether (sulfide) groups is 1. The molecule has 0 unspecified atom stereocenters. The van der Waals surface area contributed by atoms with E-state index in [0.717, 1.165) is 23.5 Å². The summed E-state index contributed by atoms with van der Waals surface area (Å²) in [6, 6.07) is 7.53. The number of nitrogens with zero attached hydrogens (tertiary/aromatic N) is 3. The topological polar surface area (TPSA) is 104 Å². The first kappa shape index (κ1) is 22.2. The number of benzene rings is 1. The van der Waals surface area contributed by atoms with E-state index in [4.69, 9.17) is 9.47 Å². The van der Waals surface area contributed by atoms with Gasteiger partial charge in [0, 0.05) is 24.0 Å². The summed E-state index contributed by atoms with van der Waals surface area (Å²) in [6.45, 7) is 4.79. The van der Waals surface area contributed by atoms with Crippen LogP contribution >= 0.6 is 11.8 Å². The van der Waals surface area contributed by atoms with Crippen molar-refractivity contribution in [1.82, 2.24) is 9.88 Å². The summed E-state index contributed by atoms with van der Waals surface area (Å²) >= 11 is 1.00. The van der Waals surface area contributed by atoms with Crippen molar-refractivity contribution < 1.29 is 23.8 Å². The molecule has 0 spiro atoms. The number of nitrogens with one attached hydrogen (secondary N) is 1. The first-order chi connectivity index (χ1) is 15.0. The van der Waals surface area contributed by atoms with Crippen molar-refractivity contribution in [2.75, 3.05) is 20.3 Å². The number of amidine groups is 1. The highest BCUT2D eigenvalue weighted by atomic mass is 32.2. The summed E-state index contributed by atoms with van der Waals surface area (Å²) in [4.78, 5) is 23.4. The van der Waals surface area contributed by atoms with Crippen molar-refractivity contribution in [3.63, 3.8) is 0 Å². The Morgan fingerprint density at radius 2 is 1.81 bits per heavy atom. The van der Waals surface area contributed by atoms with E-state index in [-0.39, 0.29) is 10.1 Å². The van der Waals surface area contributed by atoms with Gasteiger partial charge in [0.15, 0.2) is 5.17 Å². The summed E-state index contributed by atoms with van der Waals surface area (Å²) in [6.07, 6.45) is 6.47. The van der Waals surface area contributed by atoms with Gasteiger partial charge >= 0.3 is 5.97 Å². The zero-order valence-corrected chi connectivity index (χ0v) is 18.1. The van der Waals surface area contributed by atoms with E-state index in [0.29, 0.717) is 30.3 Å². The largest absolute Gasteiger partial charge is 0.492 e. The molecule has 1 fully saturated rings. The number of carbonyl (C=O) groups is 2. The summed E-state index contributed by atoms with van der Waals surface area (Å²) < 4.78 is 18.1. The van der Waals surface area contributed by atoms with Crippen LogP contribution in [-0.2, 0) is 14.3 Å². The number of esters is 1. The second-order valence-corrected chi connectivity index (χ2v) is 7.09. The third kappa shape index (κ3) is 5.54. The van der Waals surface area contributed by atoms with E-state index in [1.54, 1.807) is 0 Å². The molecule has 0 bridgehead atoms. The quantitative estimate of drug-likeness (QED) is 0.292. The van der Waals surface area contributed by atoms with Crippen LogP contribution in [0.4, 0.5) is 0 Å². The van der Waals surface area contributed by atoms with Crippen LogP contribution in [0.15, 0.2) is 57.8 Å². The molecule has 0 radical (unpaired) electrons. The van der Waals surface area contributed by atoms with Crippen LogP contribution in [0.25, 0.3) is 5.69 Å². The van der Waals surface area contributed by atoms with E-state index in [1.807, 2.05) is 55.1 Å². The number of carbonyl (C=O) groups excluding carboxylic acids is 2. The molecular formula is C21H22N4O5S. The van der Waals surface area contributed by atoms with Gasteiger partial charge in [0.25, 0.3) is 5.91 Å². The zero-order chi connectivity index (χ0) is 22.2. The molecule has 1 aliphatic heterocycles. The lowest BCUT2D eigenvalue weighted by atomic mass is 10.1. The number of hydrogen-bond donors (Lipinski definition) is 1. The summed E-state index contributed by atoms with van der Waals surface area (Å²) in [5.74, 6) is 0.242. The molecular weight excluding hydrogens is 420 g/mol. The van der Waals surface area contributed by atoms with Crippen LogP contribution in [0.2, 0.25) is 0 Å². The molecule has 9 nitrogen and oxygen atoms in total. The number of methoxy groups -OCH3 is 1. The molecule has 1 amide bonds. The van der Waals surface area contributed by atoms with Crippen LogP contribution in [0, 0.1) is 0 Å². The van der Waals surface area contributed by atoms with Crippen LogP contribution in [0.1, 0.15) is 19.4 Å². The molecule has 0 atom stereocenters. The molecule has 31 heavy (non-hydrogen) atoms. The van der Waals surface area contributed by atoms with Crippen molar-refractivity contribution in [3.8, 4) is 17.2 Å². The monoisotopic (exact) mass is 442 g/mol. The minimum Gasteiger partial charge on any atom is -0.492 e. The molecule has 1 aromatic heterocycles. The van der Waals surface area contributed by atoms with Gasteiger partial charge in [-0.15, -0.1) is 5.10 Å². The second kappa shape index (κ2) is 10.5. The lowest BCUT2D eigenvalue weighted by molar-refractivity contribution is -0.135. The number of hydrogen-bond acceptors (Lipinski definition) is 8. The Hall–Kier alpha value is -3.53. The maximum Gasteiger partial charge on any atom is 0.331 e. The third-order valence-corrected chi connectivity index (χ3v) is 4.88. The molecule has 2 heterocycles. The predicted molar refractivity (Wildman–Crippen MR) is 119 cm³/mol. The molecule has 1 N–H and O–H groups in total. The van der Waals surface area contributed by atoms with Crippen LogP contribution in [-0.4, -0.2) is 48.1 Å². The summed E-state index contributed by atoms with van der Waals surface area (Å²) in [5.41, 5.74) is 1.51. The fraction of sp³-hybridized carbons (Fsp3) is 0.238. The zero-order valence-electron chi connectivity index (χ0n) is 17.3. The molecule has 10 heteroatoms. The number of ether oxygens (including phenoxy) is 3. The van der Waals surface area contributed by atoms with Crippen molar-refractivity contribution >= 4 is 35.0 Å². The molecule has 0 aliphatic carbocycles. The highest BCUT2D eigenvalue weighted by Crippen LogP contribution is 2.34. The van der Waals surface area contributed by atoms with Gasteiger partial charge in [-0.2, -0.15) is 5.10 Å². The Labute approximate surface area is 183 Å². The highest BCUT2D eigenvalue weighted by Gasteiger charge is 2.25. The Morgan fingerprint density at radius 3 is 2.39 bits per heavy atom. The first-order valence-electron chi connectivity index (χ1n) is 9.52. The standard InChI is InChI=1S/C21H22N4O5S/c1-4-29-15-10-14(11-16(30-5-2)19(15)25-8-6-7-9-25)13-22-24-21-23-20(27)17(31-21)12-18(26)28-3/h6-13H,4-5H2,1-3H3,(H,23,24,27)/b17-12+,22-13?. The van der Waals surface area contributed by atoms with Crippen molar-refractivity contribution in [1.29, 1.82) is 0 Å². The minimum atomic E-state index is -0.614. The van der Waals surface area contributed by atoms with Gasteiger partial charge in [0.1, 0.15) is 17.2 Å². The van der Waals surface area contributed by atoms with Gasteiger partial charge in [-0.3, -0.25) is 10.1 Å². The fourth-order valence-corrected chi connectivity index (χ4v) is 3.47. The van der Waals surface area contributed by atoms with Gasteiger partial charge in [-0.25, -0.2) is 4.79 Å². The SMILES string of the molecule is CCOc1cc(C=N/N=C2/NC(=O)/C(=C\C(=O)OC)S2)cc(OCC)c1-n1cccc1. The maximum absolute atomic E-state index is 11.9. The Kier molecular flexibility index (Phi) is 7.50.